The van der Waals surface area contributed by atoms with E-state index in [1.165, 1.54) is 6.42 Å². The van der Waals surface area contributed by atoms with E-state index in [1.54, 1.807) is 48.9 Å². The summed E-state index contributed by atoms with van der Waals surface area (Å²) in [5, 5.41) is 3.42. The lowest BCUT2D eigenvalue weighted by Crippen LogP contribution is -2.50. The van der Waals surface area contributed by atoms with E-state index in [0.717, 1.165) is 37.8 Å². The summed E-state index contributed by atoms with van der Waals surface area (Å²) in [6.07, 6.45) is 2.35. The molecule has 2 aromatic rings. The van der Waals surface area contributed by atoms with Gasteiger partial charge < -0.3 is 19.9 Å². The number of hydrogen-bond donors (Lipinski definition) is 1. The zero-order valence-electron chi connectivity index (χ0n) is 21.1. The molecule has 0 unspecified atom stereocenters. The molecule has 7 nitrogen and oxygen atoms in total. The zero-order valence-corrected chi connectivity index (χ0v) is 21.1. The number of nitrogens with one attached hydrogen (secondary N) is 1. The van der Waals surface area contributed by atoms with Crippen molar-refractivity contribution < 1.29 is 22.7 Å². The quantitative estimate of drug-likeness (QED) is 0.553. The second kappa shape index (κ2) is 10.5. The van der Waals surface area contributed by atoms with Crippen molar-refractivity contribution in [3.05, 3.63) is 36.0 Å². The number of hydrogen-bond acceptors (Lipinski definition) is 6. The van der Waals surface area contributed by atoms with Crippen LogP contribution < -0.4 is 10.2 Å². The summed E-state index contributed by atoms with van der Waals surface area (Å²) in [6, 6.07) is 5.93. The minimum Gasteiger partial charge on any atom is -0.444 e. The van der Waals surface area contributed by atoms with Crippen LogP contribution in [0, 0.1) is 0 Å². The fraction of sp³-hybridized carbons (Fsp3) is 0.577. The Bertz CT molecular complexity index is 1060. The highest BCUT2D eigenvalue weighted by atomic mass is 19.4. The molecule has 1 aliphatic carbocycles. The van der Waals surface area contributed by atoms with Crippen molar-refractivity contribution >= 4 is 17.7 Å². The average molecular weight is 506 g/mol. The summed E-state index contributed by atoms with van der Waals surface area (Å²) in [6.45, 7) is 6.79. The summed E-state index contributed by atoms with van der Waals surface area (Å²) in [5.41, 5.74) is -0.553. The van der Waals surface area contributed by atoms with Gasteiger partial charge in [0.05, 0.1) is 11.3 Å². The fourth-order valence-corrected chi connectivity index (χ4v) is 4.56. The van der Waals surface area contributed by atoms with E-state index in [9.17, 15) is 18.0 Å². The first-order chi connectivity index (χ1) is 17.0. The highest BCUT2D eigenvalue weighted by Crippen LogP contribution is 2.35. The lowest BCUT2D eigenvalue weighted by Gasteiger charge is -2.36. The maximum absolute atomic E-state index is 13.8. The van der Waals surface area contributed by atoms with Gasteiger partial charge in [-0.25, -0.2) is 14.8 Å². The van der Waals surface area contributed by atoms with Crippen molar-refractivity contribution in [1.29, 1.82) is 0 Å². The minimum absolute atomic E-state index is 0.238. The molecular formula is C26H34F3N5O2. The van der Waals surface area contributed by atoms with E-state index in [4.69, 9.17) is 4.74 Å². The molecule has 0 bridgehead atoms. The van der Waals surface area contributed by atoms with Crippen molar-refractivity contribution in [1.82, 2.24) is 14.9 Å². The second-order valence-electron chi connectivity index (χ2n) is 10.5. The number of aromatic nitrogens is 2. The maximum Gasteiger partial charge on any atom is 0.416 e. The van der Waals surface area contributed by atoms with Crippen LogP contribution in [0.4, 0.5) is 29.6 Å². The highest BCUT2D eigenvalue weighted by Gasteiger charge is 2.33. The van der Waals surface area contributed by atoms with Gasteiger partial charge in [-0.05, 0) is 57.9 Å². The SMILES string of the molecule is CC(C)(C)OC(=O)N1CCN(c2cc(C(F)(F)F)cc(-c3ccnc(NC4CCCCC4)c3)n2)CC1. The van der Waals surface area contributed by atoms with Gasteiger partial charge in [-0.2, -0.15) is 13.2 Å². The van der Waals surface area contributed by atoms with Crippen LogP contribution in [0.5, 0.6) is 0 Å². The highest BCUT2D eigenvalue weighted by molar-refractivity contribution is 5.69. The largest absolute Gasteiger partial charge is 0.444 e. The Morgan fingerprint density at radius 3 is 2.36 bits per heavy atom. The van der Waals surface area contributed by atoms with E-state index in [-0.39, 0.29) is 11.5 Å². The van der Waals surface area contributed by atoms with Crippen LogP contribution >= 0.6 is 0 Å². The van der Waals surface area contributed by atoms with Gasteiger partial charge in [-0.15, -0.1) is 0 Å². The molecule has 1 saturated carbocycles. The van der Waals surface area contributed by atoms with Gasteiger partial charge in [-0.3, -0.25) is 0 Å². The van der Waals surface area contributed by atoms with Crippen LogP contribution in [0.1, 0.15) is 58.4 Å². The first-order valence-corrected chi connectivity index (χ1v) is 12.5. The number of amides is 1. The molecule has 1 amide bonds. The molecule has 10 heteroatoms. The molecule has 2 aliphatic rings. The number of pyridine rings is 2. The molecular weight excluding hydrogens is 471 g/mol. The van der Waals surface area contributed by atoms with E-state index in [0.29, 0.717) is 43.6 Å². The molecule has 196 valence electrons. The molecule has 2 fully saturated rings. The number of nitrogens with zero attached hydrogens (tertiary/aromatic N) is 4. The summed E-state index contributed by atoms with van der Waals surface area (Å²) < 4.78 is 46.8. The minimum atomic E-state index is -4.51. The Kier molecular flexibility index (Phi) is 7.61. The van der Waals surface area contributed by atoms with Gasteiger partial charge >= 0.3 is 12.3 Å². The van der Waals surface area contributed by atoms with E-state index in [1.807, 2.05) is 0 Å². The number of rotatable bonds is 4. The van der Waals surface area contributed by atoms with Gasteiger partial charge in [-0.1, -0.05) is 19.3 Å². The van der Waals surface area contributed by atoms with E-state index in [2.05, 4.69) is 15.3 Å². The van der Waals surface area contributed by atoms with Gasteiger partial charge in [0.25, 0.3) is 0 Å². The topological polar surface area (TPSA) is 70.6 Å². The summed E-state index contributed by atoms with van der Waals surface area (Å²) >= 11 is 0. The molecule has 3 heterocycles. The standard InChI is InChI=1S/C26H34F3N5O2/c1-25(2,3)36-24(35)34-13-11-33(12-14-34)23-17-19(26(27,28)29)16-21(32-23)18-9-10-30-22(15-18)31-20-7-5-4-6-8-20/h9-10,15-17,20H,4-8,11-14H2,1-3H3,(H,30,31). The summed E-state index contributed by atoms with van der Waals surface area (Å²) in [7, 11) is 0. The number of halogens is 3. The Hall–Kier alpha value is -3.04. The van der Waals surface area contributed by atoms with Crippen molar-refractivity contribution in [3.63, 3.8) is 0 Å². The molecule has 0 atom stereocenters. The van der Waals surface area contributed by atoms with Crippen LogP contribution in [0.3, 0.4) is 0 Å². The molecule has 1 saturated heterocycles. The Morgan fingerprint density at radius 2 is 1.72 bits per heavy atom. The van der Waals surface area contributed by atoms with Crippen molar-refractivity contribution in [2.75, 3.05) is 36.4 Å². The monoisotopic (exact) mass is 505 g/mol. The van der Waals surface area contributed by atoms with Crippen LogP contribution in [-0.4, -0.2) is 58.8 Å². The molecule has 4 rings (SSSR count). The van der Waals surface area contributed by atoms with Crippen molar-refractivity contribution in [2.45, 2.75) is 70.7 Å². The Balaban J connectivity index is 1.54. The number of carbonyl (C=O) groups is 1. The molecule has 0 radical (unpaired) electrons. The molecule has 0 aromatic carbocycles. The predicted molar refractivity (Wildman–Crippen MR) is 133 cm³/mol. The van der Waals surface area contributed by atoms with Gasteiger partial charge in [0.2, 0.25) is 0 Å². The number of ether oxygens (including phenoxy) is 1. The number of piperazine rings is 1. The smallest absolute Gasteiger partial charge is 0.416 e. The second-order valence-corrected chi connectivity index (χ2v) is 10.5. The molecule has 1 N–H and O–H groups in total. The molecule has 2 aromatic heterocycles. The first-order valence-electron chi connectivity index (χ1n) is 12.5. The lowest BCUT2D eigenvalue weighted by atomic mass is 9.95. The number of alkyl halides is 3. The average Bonchev–Trinajstić information content (AvgIpc) is 2.83. The fourth-order valence-electron chi connectivity index (χ4n) is 4.56. The van der Waals surface area contributed by atoms with E-state index < -0.39 is 23.4 Å². The third-order valence-corrected chi connectivity index (χ3v) is 6.41. The molecule has 0 spiro atoms. The summed E-state index contributed by atoms with van der Waals surface area (Å²) in [5.74, 6) is 0.883. The number of carbonyl (C=O) groups excluding carboxylic acids is 1. The Morgan fingerprint density at radius 1 is 1.03 bits per heavy atom. The van der Waals surface area contributed by atoms with Crippen LogP contribution in [-0.2, 0) is 10.9 Å². The van der Waals surface area contributed by atoms with E-state index >= 15 is 0 Å². The first kappa shape index (κ1) is 26.0. The summed E-state index contributed by atoms with van der Waals surface area (Å²) in [4.78, 5) is 24.7. The third-order valence-electron chi connectivity index (χ3n) is 6.41. The van der Waals surface area contributed by atoms with Gasteiger partial charge in [0.15, 0.2) is 0 Å². The number of anilines is 2. The van der Waals surface area contributed by atoms with Crippen molar-refractivity contribution in [3.8, 4) is 11.3 Å². The Labute approximate surface area is 210 Å². The molecule has 36 heavy (non-hydrogen) atoms. The molecule has 1 aliphatic heterocycles. The third kappa shape index (κ3) is 6.79. The van der Waals surface area contributed by atoms with Gasteiger partial charge in [0.1, 0.15) is 17.2 Å². The van der Waals surface area contributed by atoms with Crippen LogP contribution in [0.15, 0.2) is 30.5 Å². The predicted octanol–water partition coefficient (Wildman–Crippen LogP) is 5.96. The maximum atomic E-state index is 13.8. The van der Waals surface area contributed by atoms with Crippen LogP contribution in [0.2, 0.25) is 0 Å². The van der Waals surface area contributed by atoms with Gasteiger partial charge in [0, 0.05) is 44.0 Å². The van der Waals surface area contributed by atoms with Crippen LogP contribution in [0.25, 0.3) is 11.3 Å². The zero-order chi connectivity index (χ0) is 25.9. The lowest BCUT2D eigenvalue weighted by molar-refractivity contribution is -0.137. The normalized spacial score (nSPS) is 17.7. The van der Waals surface area contributed by atoms with Crippen molar-refractivity contribution in [2.24, 2.45) is 0 Å².